The second-order valence-electron chi connectivity index (χ2n) is 4.76. The Bertz CT molecular complexity index is 853. The summed E-state index contributed by atoms with van der Waals surface area (Å²) in [5.74, 6) is 0.0641. The molecule has 116 valence electrons. The lowest BCUT2D eigenvalue weighted by Gasteiger charge is -2.00. The number of aliphatic hydroxyl groups excluding tert-OH is 1. The molecule has 7 heteroatoms. The quantitative estimate of drug-likeness (QED) is 0.425. The van der Waals surface area contributed by atoms with Crippen LogP contribution in [0, 0.1) is 0 Å². The Balaban J connectivity index is 1.75. The van der Waals surface area contributed by atoms with Crippen LogP contribution in [-0.4, -0.2) is 26.1 Å². The van der Waals surface area contributed by atoms with Crippen LogP contribution >= 0.6 is 11.6 Å². The maximum Gasteiger partial charge on any atom is 0.224 e. The fourth-order valence-corrected chi connectivity index (χ4v) is 2.23. The van der Waals surface area contributed by atoms with Crippen molar-refractivity contribution in [1.29, 1.82) is 0 Å². The number of halogens is 1. The van der Waals surface area contributed by atoms with E-state index in [9.17, 15) is 9.90 Å². The highest BCUT2D eigenvalue weighted by atomic mass is 35.5. The lowest BCUT2D eigenvalue weighted by molar-refractivity contribution is 0.101. The molecule has 0 amide bonds. The number of carbonyl (C=O) groups excluding carboxylic acids is 1. The van der Waals surface area contributed by atoms with Crippen LogP contribution < -0.4 is 0 Å². The van der Waals surface area contributed by atoms with Gasteiger partial charge in [0.1, 0.15) is 12.1 Å². The molecule has 0 aliphatic heterocycles. The molecule has 0 atom stereocenters. The fourth-order valence-electron chi connectivity index (χ4n) is 2.03. The van der Waals surface area contributed by atoms with E-state index in [0.29, 0.717) is 17.2 Å². The predicted octanol–water partition coefficient (Wildman–Crippen LogP) is 3.42. The van der Waals surface area contributed by atoms with E-state index < -0.39 is 5.78 Å². The van der Waals surface area contributed by atoms with Gasteiger partial charge in [0.05, 0.1) is 0 Å². The van der Waals surface area contributed by atoms with Crippen LogP contribution in [0.3, 0.4) is 0 Å². The van der Waals surface area contributed by atoms with E-state index in [4.69, 9.17) is 16.0 Å². The van der Waals surface area contributed by atoms with Gasteiger partial charge in [-0.3, -0.25) is 9.89 Å². The summed E-state index contributed by atoms with van der Waals surface area (Å²) >= 11 is 6.10. The highest BCUT2D eigenvalue weighted by Gasteiger charge is 2.13. The molecular formula is C16H12ClN3O3. The maximum absolute atomic E-state index is 12.1. The largest absolute Gasteiger partial charge is 0.504 e. The summed E-state index contributed by atoms with van der Waals surface area (Å²) in [4.78, 5) is 15.8. The predicted molar refractivity (Wildman–Crippen MR) is 84.3 cm³/mol. The second kappa shape index (κ2) is 6.50. The van der Waals surface area contributed by atoms with Gasteiger partial charge in [0.15, 0.2) is 17.3 Å². The molecule has 6 nitrogen and oxygen atoms in total. The Morgan fingerprint density at radius 1 is 1.30 bits per heavy atom. The molecule has 3 aromatic rings. The standard InChI is InChI=1S/C16H12ClN3O3/c17-12-4-2-1-3-10(12)7-11-5-6-15(23-11)13(21)8-14(22)16-18-9-19-20-16/h1-6,8-9,22H,7H2,(H,18,19,20). The Morgan fingerprint density at radius 3 is 2.87 bits per heavy atom. The van der Waals surface area contributed by atoms with Crippen molar-refractivity contribution in [2.75, 3.05) is 0 Å². The first-order valence-corrected chi connectivity index (χ1v) is 7.14. The number of hydrogen-bond acceptors (Lipinski definition) is 5. The number of hydrogen-bond donors (Lipinski definition) is 2. The molecule has 0 unspecified atom stereocenters. The number of allylic oxidation sites excluding steroid dienone is 1. The molecule has 2 heterocycles. The van der Waals surface area contributed by atoms with E-state index in [0.717, 1.165) is 11.6 Å². The first-order valence-electron chi connectivity index (χ1n) is 6.76. The number of aromatic amines is 1. The normalized spacial score (nSPS) is 11.6. The van der Waals surface area contributed by atoms with E-state index in [2.05, 4.69) is 15.2 Å². The van der Waals surface area contributed by atoms with Crippen molar-refractivity contribution in [2.45, 2.75) is 6.42 Å². The summed E-state index contributed by atoms with van der Waals surface area (Å²) in [5.41, 5.74) is 0.905. The van der Waals surface area contributed by atoms with Gasteiger partial charge in [0.2, 0.25) is 5.78 Å². The number of nitrogens with zero attached hydrogens (tertiary/aromatic N) is 2. The Morgan fingerprint density at radius 2 is 2.13 bits per heavy atom. The smallest absolute Gasteiger partial charge is 0.224 e. The lowest BCUT2D eigenvalue weighted by Crippen LogP contribution is -1.96. The Hall–Kier alpha value is -2.86. The number of benzene rings is 1. The number of aromatic nitrogens is 3. The maximum atomic E-state index is 12.1. The van der Waals surface area contributed by atoms with Gasteiger partial charge in [0, 0.05) is 17.5 Å². The van der Waals surface area contributed by atoms with Crippen LogP contribution in [0.25, 0.3) is 5.76 Å². The third-order valence-electron chi connectivity index (χ3n) is 3.15. The number of nitrogens with one attached hydrogen (secondary N) is 1. The first kappa shape index (κ1) is 15.1. The second-order valence-corrected chi connectivity index (χ2v) is 5.17. The number of furan rings is 1. The summed E-state index contributed by atoms with van der Waals surface area (Å²) in [6.45, 7) is 0. The third kappa shape index (κ3) is 3.49. The summed E-state index contributed by atoms with van der Waals surface area (Å²) in [7, 11) is 0. The number of aliphatic hydroxyl groups is 1. The zero-order chi connectivity index (χ0) is 16.2. The van der Waals surface area contributed by atoms with Crippen LogP contribution in [0.2, 0.25) is 5.02 Å². The van der Waals surface area contributed by atoms with Crippen LogP contribution in [0.4, 0.5) is 0 Å². The number of ketones is 1. The molecule has 0 saturated carbocycles. The highest BCUT2D eigenvalue weighted by Crippen LogP contribution is 2.20. The van der Waals surface area contributed by atoms with Crippen LogP contribution in [-0.2, 0) is 6.42 Å². The molecule has 0 bridgehead atoms. The van der Waals surface area contributed by atoms with Crippen molar-refractivity contribution in [3.63, 3.8) is 0 Å². The summed E-state index contributed by atoms with van der Waals surface area (Å²) < 4.78 is 5.51. The minimum atomic E-state index is -0.468. The molecule has 23 heavy (non-hydrogen) atoms. The van der Waals surface area contributed by atoms with Gasteiger partial charge in [-0.15, -0.1) is 0 Å². The monoisotopic (exact) mass is 329 g/mol. The number of carbonyl (C=O) groups is 1. The van der Waals surface area contributed by atoms with Gasteiger partial charge in [0.25, 0.3) is 0 Å². The van der Waals surface area contributed by atoms with Crippen molar-refractivity contribution in [3.05, 3.63) is 76.7 Å². The van der Waals surface area contributed by atoms with Crippen molar-refractivity contribution < 1.29 is 14.3 Å². The zero-order valence-corrected chi connectivity index (χ0v) is 12.6. The molecule has 0 radical (unpaired) electrons. The average molecular weight is 330 g/mol. The van der Waals surface area contributed by atoms with Crippen LogP contribution in [0.15, 0.2) is 53.2 Å². The van der Waals surface area contributed by atoms with Gasteiger partial charge in [-0.25, -0.2) is 4.98 Å². The van der Waals surface area contributed by atoms with Gasteiger partial charge >= 0.3 is 0 Å². The molecule has 0 spiro atoms. The van der Waals surface area contributed by atoms with E-state index >= 15 is 0 Å². The molecule has 3 rings (SSSR count). The van der Waals surface area contributed by atoms with E-state index in [1.54, 1.807) is 18.2 Å². The Labute approximate surface area is 136 Å². The molecule has 0 fully saturated rings. The molecule has 1 aromatic carbocycles. The minimum absolute atomic E-state index is 0.112. The summed E-state index contributed by atoms with van der Waals surface area (Å²) in [6, 6.07) is 10.7. The van der Waals surface area contributed by atoms with Gasteiger partial charge in [-0.1, -0.05) is 29.8 Å². The fraction of sp³-hybridized carbons (Fsp3) is 0.0625. The van der Waals surface area contributed by atoms with E-state index in [1.165, 1.54) is 6.33 Å². The Kier molecular flexibility index (Phi) is 4.25. The molecular weight excluding hydrogens is 318 g/mol. The SMILES string of the molecule is O=C(C=C(O)c1ncn[nH]1)c1ccc(Cc2ccccc2Cl)o1. The van der Waals surface area contributed by atoms with Crippen molar-refractivity contribution in [3.8, 4) is 0 Å². The van der Waals surface area contributed by atoms with E-state index in [1.807, 2.05) is 18.2 Å². The molecule has 0 aliphatic rings. The molecule has 2 aromatic heterocycles. The van der Waals surface area contributed by atoms with Crippen LogP contribution in [0.5, 0.6) is 0 Å². The van der Waals surface area contributed by atoms with Gasteiger partial charge in [-0.05, 0) is 23.8 Å². The van der Waals surface area contributed by atoms with Crippen LogP contribution in [0.1, 0.15) is 27.7 Å². The topological polar surface area (TPSA) is 92.0 Å². The summed E-state index contributed by atoms with van der Waals surface area (Å²) in [6.07, 6.45) is 2.74. The van der Waals surface area contributed by atoms with Crippen molar-refractivity contribution in [1.82, 2.24) is 15.2 Å². The van der Waals surface area contributed by atoms with E-state index in [-0.39, 0.29) is 17.3 Å². The molecule has 0 saturated heterocycles. The molecule has 2 N–H and O–H groups in total. The minimum Gasteiger partial charge on any atom is -0.504 e. The number of rotatable bonds is 5. The zero-order valence-electron chi connectivity index (χ0n) is 11.9. The molecule has 0 aliphatic carbocycles. The third-order valence-corrected chi connectivity index (χ3v) is 3.52. The van der Waals surface area contributed by atoms with Crippen molar-refractivity contribution >= 4 is 23.1 Å². The lowest BCUT2D eigenvalue weighted by atomic mass is 10.1. The highest BCUT2D eigenvalue weighted by molar-refractivity contribution is 6.31. The average Bonchev–Trinajstić information content (AvgIpc) is 3.21. The summed E-state index contributed by atoms with van der Waals surface area (Å²) in [5, 5.41) is 16.5. The first-order chi connectivity index (χ1) is 11.1. The number of H-pyrrole nitrogens is 1. The van der Waals surface area contributed by atoms with Crippen molar-refractivity contribution in [2.24, 2.45) is 0 Å². The van der Waals surface area contributed by atoms with Gasteiger partial charge in [-0.2, -0.15) is 5.10 Å². The van der Waals surface area contributed by atoms with Gasteiger partial charge < -0.3 is 9.52 Å².